The third kappa shape index (κ3) is 4.11. The van der Waals surface area contributed by atoms with E-state index in [0.29, 0.717) is 36.4 Å². The number of hydrogen-bond acceptors (Lipinski definition) is 4. The second kappa shape index (κ2) is 6.66. The Balaban J connectivity index is 2.13. The molecule has 6 heteroatoms. The molecule has 21 heavy (non-hydrogen) atoms. The zero-order valence-corrected chi connectivity index (χ0v) is 13.4. The highest BCUT2D eigenvalue weighted by atomic mass is 32.2. The van der Waals surface area contributed by atoms with E-state index in [2.05, 4.69) is 11.6 Å². The lowest BCUT2D eigenvalue weighted by Gasteiger charge is -2.15. The van der Waals surface area contributed by atoms with E-state index < -0.39 is 10.0 Å². The molecule has 1 aliphatic rings. The number of ether oxygens (including phenoxy) is 1. The molecule has 0 aliphatic heterocycles. The van der Waals surface area contributed by atoms with Crippen molar-refractivity contribution in [2.75, 3.05) is 18.9 Å². The summed E-state index contributed by atoms with van der Waals surface area (Å²) in [7, 11) is -3.60. The number of nitrogens with one attached hydrogen (secondary N) is 1. The lowest BCUT2D eigenvalue weighted by molar-refractivity contribution is 0.331. The van der Waals surface area contributed by atoms with Gasteiger partial charge in [-0.15, -0.1) is 0 Å². The number of nitrogens with two attached hydrogens (primary N) is 1. The number of benzene rings is 1. The lowest BCUT2D eigenvalue weighted by atomic mass is 10.1. The molecule has 0 bridgehead atoms. The predicted octanol–water partition coefficient (Wildman–Crippen LogP) is 2.38. The Morgan fingerprint density at radius 2 is 2.14 bits per heavy atom. The largest absolute Gasteiger partial charge is 0.492 e. The first kappa shape index (κ1) is 16.1. The standard InChI is InChI=1S/C15H24N2O3S/c1-3-20-14-7-6-13(16)9-15(14)21(18,19)17-10-12-5-4-11(2)8-12/h6-7,9,11-12,17H,3-5,8,10,16H2,1-2H3. The predicted molar refractivity (Wildman–Crippen MR) is 83.7 cm³/mol. The molecular formula is C15H24N2O3S. The van der Waals surface area contributed by atoms with Gasteiger partial charge in [0, 0.05) is 12.2 Å². The van der Waals surface area contributed by atoms with Crippen molar-refractivity contribution in [2.24, 2.45) is 11.8 Å². The van der Waals surface area contributed by atoms with Gasteiger partial charge in [0.05, 0.1) is 6.61 Å². The Morgan fingerprint density at radius 3 is 2.76 bits per heavy atom. The van der Waals surface area contributed by atoms with Crippen LogP contribution in [0, 0.1) is 11.8 Å². The van der Waals surface area contributed by atoms with Crippen molar-refractivity contribution < 1.29 is 13.2 Å². The molecule has 2 rings (SSSR count). The van der Waals surface area contributed by atoms with Crippen LogP contribution in [0.15, 0.2) is 23.1 Å². The highest BCUT2D eigenvalue weighted by molar-refractivity contribution is 7.89. The normalized spacial score (nSPS) is 22.4. The number of hydrogen-bond donors (Lipinski definition) is 2. The molecule has 1 aromatic carbocycles. The van der Waals surface area contributed by atoms with Crippen LogP contribution in [0.5, 0.6) is 5.75 Å². The van der Waals surface area contributed by atoms with Crippen LogP contribution < -0.4 is 15.2 Å². The van der Waals surface area contributed by atoms with Crippen molar-refractivity contribution in [3.05, 3.63) is 18.2 Å². The van der Waals surface area contributed by atoms with Crippen molar-refractivity contribution in [3.8, 4) is 5.75 Å². The maximum Gasteiger partial charge on any atom is 0.244 e. The molecule has 0 radical (unpaired) electrons. The average molecular weight is 312 g/mol. The van der Waals surface area contributed by atoms with E-state index in [-0.39, 0.29) is 4.90 Å². The van der Waals surface area contributed by atoms with Crippen molar-refractivity contribution in [1.82, 2.24) is 4.72 Å². The molecule has 1 aliphatic carbocycles. The van der Waals surface area contributed by atoms with Gasteiger partial charge in [-0.25, -0.2) is 13.1 Å². The maximum atomic E-state index is 12.5. The van der Waals surface area contributed by atoms with E-state index in [9.17, 15) is 8.42 Å². The summed E-state index contributed by atoms with van der Waals surface area (Å²) >= 11 is 0. The highest BCUT2D eigenvalue weighted by Gasteiger charge is 2.25. The number of sulfonamides is 1. The summed E-state index contributed by atoms with van der Waals surface area (Å²) < 4.78 is 33.0. The zero-order chi connectivity index (χ0) is 15.5. The van der Waals surface area contributed by atoms with E-state index in [1.807, 2.05) is 6.92 Å². The summed E-state index contributed by atoms with van der Waals surface area (Å²) in [6.07, 6.45) is 3.34. The molecule has 0 amide bonds. The smallest absolute Gasteiger partial charge is 0.244 e. The van der Waals surface area contributed by atoms with Crippen molar-refractivity contribution in [1.29, 1.82) is 0 Å². The molecule has 1 saturated carbocycles. The summed E-state index contributed by atoms with van der Waals surface area (Å²) in [6.45, 7) is 4.92. The fourth-order valence-corrected chi connectivity index (χ4v) is 4.12. The van der Waals surface area contributed by atoms with Crippen LogP contribution in [0.1, 0.15) is 33.1 Å². The quantitative estimate of drug-likeness (QED) is 0.790. The average Bonchev–Trinajstić information content (AvgIpc) is 2.85. The summed E-state index contributed by atoms with van der Waals surface area (Å²) in [4.78, 5) is 0.121. The lowest BCUT2D eigenvalue weighted by Crippen LogP contribution is -2.29. The van der Waals surface area contributed by atoms with Crippen molar-refractivity contribution in [2.45, 2.75) is 38.0 Å². The second-order valence-corrected chi connectivity index (χ2v) is 7.51. The maximum absolute atomic E-state index is 12.5. The molecule has 0 aromatic heterocycles. The third-order valence-electron chi connectivity index (χ3n) is 3.92. The molecule has 1 aromatic rings. The van der Waals surface area contributed by atoms with Gasteiger partial charge in [-0.3, -0.25) is 0 Å². The fourth-order valence-electron chi connectivity index (χ4n) is 2.83. The Labute approximate surface area is 126 Å². The molecule has 3 N–H and O–H groups in total. The second-order valence-electron chi connectivity index (χ2n) is 5.78. The first-order valence-corrected chi connectivity index (χ1v) is 8.92. The van der Waals surface area contributed by atoms with E-state index >= 15 is 0 Å². The summed E-state index contributed by atoms with van der Waals surface area (Å²) in [6, 6.07) is 4.69. The molecule has 1 fully saturated rings. The van der Waals surface area contributed by atoms with Gasteiger partial charge in [0.1, 0.15) is 10.6 Å². The van der Waals surface area contributed by atoms with Crippen molar-refractivity contribution >= 4 is 15.7 Å². The van der Waals surface area contributed by atoms with Crippen LogP contribution in [0.25, 0.3) is 0 Å². The van der Waals surface area contributed by atoms with Crippen LogP contribution >= 0.6 is 0 Å². The minimum absolute atomic E-state index is 0.121. The number of nitrogen functional groups attached to an aromatic ring is 1. The Hall–Kier alpha value is -1.27. The SMILES string of the molecule is CCOc1ccc(N)cc1S(=O)(=O)NCC1CCC(C)C1. The summed E-state index contributed by atoms with van der Waals surface area (Å²) in [5.41, 5.74) is 6.12. The topological polar surface area (TPSA) is 81.4 Å². The Kier molecular flexibility index (Phi) is 5.11. The minimum atomic E-state index is -3.60. The number of anilines is 1. The van der Waals surface area contributed by atoms with Gasteiger partial charge in [0.15, 0.2) is 0 Å². The van der Waals surface area contributed by atoms with E-state index in [1.54, 1.807) is 12.1 Å². The first-order chi connectivity index (χ1) is 9.92. The van der Waals surface area contributed by atoms with Crippen LogP contribution in [0.4, 0.5) is 5.69 Å². The van der Waals surface area contributed by atoms with Gasteiger partial charge in [-0.05, 0) is 49.8 Å². The molecule has 0 spiro atoms. The Morgan fingerprint density at radius 1 is 1.38 bits per heavy atom. The monoisotopic (exact) mass is 312 g/mol. The first-order valence-electron chi connectivity index (χ1n) is 7.44. The third-order valence-corrected chi connectivity index (χ3v) is 5.37. The van der Waals surface area contributed by atoms with Crippen LogP contribution in [0.3, 0.4) is 0 Å². The fraction of sp³-hybridized carbons (Fsp3) is 0.600. The van der Waals surface area contributed by atoms with Gasteiger partial charge in [-0.2, -0.15) is 0 Å². The highest BCUT2D eigenvalue weighted by Crippen LogP contribution is 2.31. The van der Waals surface area contributed by atoms with Crippen LogP contribution in [-0.2, 0) is 10.0 Å². The van der Waals surface area contributed by atoms with E-state index in [1.165, 1.54) is 12.5 Å². The Bertz CT molecular complexity index is 587. The molecule has 0 heterocycles. The van der Waals surface area contributed by atoms with Gasteiger partial charge in [0.2, 0.25) is 10.0 Å². The molecule has 118 valence electrons. The van der Waals surface area contributed by atoms with Gasteiger partial charge >= 0.3 is 0 Å². The van der Waals surface area contributed by atoms with E-state index in [0.717, 1.165) is 12.8 Å². The molecule has 2 unspecified atom stereocenters. The van der Waals surface area contributed by atoms with Crippen LogP contribution in [0.2, 0.25) is 0 Å². The molecule has 2 atom stereocenters. The van der Waals surface area contributed by atoms with Gasteiger partial charge in [0.25, 0.3) is 0 Å². The summed E-state index contributed by atoms with van der Waals surface area (Å²) in [5.74, 6) is 1.45. The van der Waals surface area contributed by atoms with Gasteiger partial charge < -0.3 is 10.5 Å². The number of rotatable bonds is 6. The molecular weight excluding hydrogens is 288 g/mol. The molecule has 0 saturated heterocycles. The van der Waals surface area contributed by atoms with Crippen LogP contribution in [-0.4, -0.2) is 21.6 Å². The zero-order valence-electron chi connectivity index (χ0n) is 12.6. The minimum Gasteiger partial charge on any atom is -0.492 e. The van der Waals surface area contributed by atoms with Gasteiger partial charge in [-0.1, -0.05) is 13.3 Å². The van der Waals surface area contributed by atoms with E-state index in [4.69, 9.17) is 10.5 Å². The molecule has 5 nitrogen and oxygen atoms in total. The summed E-state index contributed by atoms with van der Waals surface area (Å²) in [5, 5.41) is 0. The van der Waals surface area contributed by atoms with Crippen molar-refractivity contribution in [3.63, 3.8) is 0 Å².